The first-order chi connectivity index (χ1) is 7.61. The van der Waals surface area contributed by atoms with Crippen LogP contribution in [0.15, 0.2) is 0 Å². The summed E-state index contributed by atoms with van der Waals surface area (Å²) >= 11 is 0. The summed E-state index contributed by atoms with van der Waals surface area (Å²) in [5.74, 6) is -0.839. The molecule has 0 aliphatic rings. The molecule has 0 aromatic carbocycles. The van der Waals surface area contributed by atoms with E-state index in [4.69, 9.17) is 10.00 Å². The van der Waals surface area contributed by atoms with Crippen LogP contribution in [0, 0.1) is 17.2 Å². The van der Waals surface area contributed by atoms with E-state index in [0.717, 1.165) is 0 Å². The van der Waals surface area contributed by atoms with Gasteiger partial charge >= 0.3 is 11.9 Å². The molecule has 5 heteroatoms. The zero-order valence-electron chi connectivity index (χ0n) is 9.69. The summed E-state index contributed by atoms with van der Waals surface area (Å²) in [6, 6.07) is 1.89. The van der Waals surface area contributed by atoms with Crippen molar-refractivity contribution in [3.8, 4) is 6.07 Å². The average molecular weight is 227 g/mol. The Bertz CT molecular complexity index is 270. The van der Waals surface area contributed by atoms with Crippen molar-refractivity contribution in [2.45, 2.75) is 32.6 Å². The summed E-state index contributed by atoms with van der Waals surface area (Å²) in [6.45, 7) is 1.88. The molecule has 5 nitrogen and oxygen atoms in total. The summed E-state index contributed by atoms with van der Waals surface area (Å²) in [4.78, 5) is 22.1. The largest absolute Gasteiger partial charge is 0.469 e. The highest BCUT2D eigenvalue weighted by atomic mass is 16.5. The van der Waals surface area contributed by atoms with Gasteiger partial charge in [0.1, 0.15) is 6.61 Å². The Hall–Kier alpha value is -1.57. The molecule has 0 rings (SSSR count). The van der Waals surface area contributed by atoms with Crippen molar-refractivity contribution in [3.05, 3.63) is 0 Å². The van der Waals surface area contributed by atoms with E-state index in [1.165, 1.54) is 7.11 Å². The van der Waals surface area contributed by atoms with Crippen LogP contribution < -0.4 is 0 Å². The van der Waals surface area contributed by atoms with Crippen LogP contribution in [0.2, 0.25) is 0 Å². The molecule has 0 saturated carbocycles. The molecular formula is C11H17NO4. The third-order valence-electron chi connectivity index (χ3n) is 2.11. The van der Waals surface area contributed by atoms with E-state index in [2.05, 4.69) is 4.74 Å². The van der Waals surface area contributed by atoms with E-state index in [1.807, 2.05) is 6.07 Å². The number of carbonyl (C=O) groups is 2. The number of ether oxygens (including phenoxy) is 2. The van der Waals surface area contributed by atoms with Gasteiger partial charge in [0.25, 0.3) is 0 Å². The molecule has 16 heavy (non-hydrogen) atoms. The predicted molar refractivity (Wildman–Crippen MR) is 56.2 cm³/mol. The Labute approximate surface area is 95.3 Å². The monoisotopic (exact) mass is 227 g/mol. The van der Waals surface area contributed by atoms with Gasteiger partial charge in [-0.1, -0.05) is 6.92 Å². The molecule has 90 valence electrons. The number of nitrogens with zero attached hydrogens (tertiary/aromatic N) is 1. The highest BCUT2D eigenvalue weighted by molar-refractivity contribution is 5.72. The van der Waals surface area contributed by atoms with Crippen molar-refractivity contribution in [3.63, 3.8) is 0 Å². The van der Waals surface area contributed by atoms with E-state index in [-0.39, 0.29) is 30.9 Å². The van der Waals surface area contributed by atoms with Crippen molar-refractivity contribution < 1.29 is 19.1 Å². The normalized spacial score (nSPS) is 11.3. The summed E-state index contributed by atoms with van der Waals surface area (Å²) in [5, 5.41) is 8.25. The number of esters is 2. The lowest BCUT2D eigenvalue weighted by Crippen LogP contribution is -2.15. The van der Waals surface area contributed by atoms with Crippen LogP contribution in [0.1, 0.15) is 32.6 Å². The maximum atomic E-state index is 11.3. The first-order valence-corrected chi connectivity index (χ1v) is 5.22. The second-order valence-corrected chi connectivity index (χ2v) is 3.45. The van der Waals surface area contributed by atoms with Crippen molar-refractivity contribution in [1.29, 1.82) is 5.26 Å². The molecule has 0 spiro atoms. The van der Waals surface area contributed by atoms with Crippen LogP contribution in [0.3, 0.4) is 0 Å². The maximum absolute atomic E-state index is 11.3. The minimum Gasteiger partial charge on any atom is -0.469 e. The summed E-state index contributed by atoms with van der Waals surface area (Å²) in [6.07, 6.45) is 1.70. The predicted octanol–water partition coefficient (Wildman–Crippen LogP) is 1.42. The third-order valence-corrected chi connectivity index (χ3v) is 2.11. The number of methoxy groups -OCH3 is 1. The summed E-state index contributed by atoms with van der Waals surface area (Å²) < 4.78 is 9.33. The molecule has 0 fully saturated rings. The fourth-order valence-electron chi connectivity index (χ4n) is 1.11. The van der Waals surface area contributed by atoms with Crippen LogP contribution in [-0.4, -0.2) is 25.7 Å². The van der Waals surface area contributed by atoms with Crippen molar-refractivity contribution in [1.82, 2.24) is 0 Å². The molecule has 0 heterocycles. The second-order valence-electron chi connectivity index (χ2n) is 3.45. The van der Waals surface area contributed by atoms with Gasteiger partial charge in [-0.25, -0.2) is 0 Å². The number of hydrogen-bond donors (Lipinski definition) is 0. The number of carbonyl (C=O) groups excluding carboxylic acids is 2. The quantitative estimate of drug-likeness (QED) is 0.485. The van der Waals surface area contributed by atoms with E-state index in [0.29, 0.717) is 19.3 Å². The van der Waals surface area contributed by atoms with E-state index in [1.54, 1.807) is 6.92 Å². The average Bonchev–Trinajstić information content (AvgIpc) is 2.28. The van der Waals surface area contributed by atoms with Gasteiger partial charge in [-0.05, 0) is 12.8 Å². The highest BCUT2D eigenvalue weighted by Crippen LogP contribution is 2.10. The third kappa shape index (κ3) is 6.82. The smallest absolute Gasteiger partial charge is 0.308 e. The van der Waals surface area contributed by atoms with Crippen molar-refractivity contribution >= 4 is 11.9 Å². The van der Waals surface area contributed by atoms with Gasteiger partial charge in [-0.15, -0.1) is 0 Å². The lowest BCUT2D eigenvalue weighted by atomic mass is 10.0. The lowest BCUT2D eigenvalue weighted by Gasteiger charge is -2.09. The van der Waals surface area contributed by atoms with Gasteiger partial charge in [0, 0.05) is 6.42 Å². The molecule has 0 aromatic heterocycles. The molecule has 0 N–H and O–H groups in total. The van der Waals surface area contributed by atoms with E-state index < -0.39 is 0 Å². The molecular weight excluding hydrogens is 210 g/mol. The fourth-order valence-corrected chi connectivity index (χ4v) is 1.11. The van der Waals surface area contributed by atoms with Gasteiger partial charge in [0.05, 0.1) is 25.5 Å². The first-order valence-electron chi connectivity index (χ1n) is 5.22. The van der Waals surface area contributed by atoms with Gasteiger partial charge in [-0.2, -0.15) is 5.26 Å². The number of hydrogen-bond acceptors (Lipinski definition) is 5. The van der Waals surface area contributed by atoms with Crippen LogP contribution in [0.5, 0.6) is 0 Å². The lowest BCUT2D eigenvalue weighted by molar-refractivity contribution is -0.148. The minimum absolute atomic E-state index is 0.136. The Balaban J connectivity index is 3.63. The SMILES string of the molecule is COC(=O)CCCC(C)C(=O)OCCC#N. The van der Waals surface area contributed by atoms with Crippen LogP contribution in [0.25, 0.3) is 0 Å². The Morgan fingerprint density at radius 1 is 1.44 bits per heavy atom. The van der Waals surface area contributed by atoms with Crippen LogP contribution >= 0.6 is 0 Å². The topological polar surface area (TPSA) is 76.4 Å². The highest BCUT2D eigenvalue weighted by Gasteiger charge is 2.14. The fraction of sp³-hybridized carbons (Fsp3) is 0.727. The Morgan fingerprint density at radius 2 is 2.12 bits per heavy atom. The molecule has 0 saturated heterocycles. The van der Waals surface area contributed by atoms with Crippen LogP contribution in [-0.2, 0) is 19.1 Å². The van der Waals surface area contributed by atoms with E-state index in [9.17, 15) is 9.59 Å². The zero-order chi connectivity index (χ0) is 12.4. The maximum Gasteiger partial charge on any atom is 0.308 e. The zero-order valence-corrected chi connectivity index (χ0v) is 9.69. The second kappa shape index (κ2) is 8.72. The van der Waals surface area contributed by atoms with Crippen molar-refractivity contribution in [2.75, 3.05) is 13.7 Å². The molecule has 0 bridgehead atoms. The Morgan fingerprint density at radius 3 is 2.69 bits per heavy atom. The number of nitriles is 1. The summed E-state index contributed by atoms with van der Waals surface area (Å²) in [7, 11) is 1.34. The van der Waals surface area contributed by atoms with Gasteiger partial charge < -0.3 is 9.47 Å². The minimum atomic E-state index is -0.319. The first kappa shape index (κ1) is 14.4. The van der Waals surface area contributed by atoms with Gasteiger partial charge in [-0.3, -0.25) is 9.59 Å². The van der Waals surface area contributed by atoms with Crippen molar-refractivity contribution in [2.24, 2.45) is 5.92 Å². The standard InChI is InChI=1S/C11H17NO4/c1-9(5-3-6-10(13)15-2)11(14)16-8-4-7-12/h9H,3-6,8H2,1-2H3. The molecule has 0 radical (unpaired) electrons. The molecule has 0 aliphatic carbocycles. The molecule has 0 aromatic rings. The van der Waals surface area contributed by atoms with Crippen LogP contribution in [0.4, 0.5) is 0 Å². The molecule has 1 unspecified atom stereocenters. The molecule has 1 atom stereocenters. The summed E-state index contributed by atoms with van der Waals surface area (Å²) in [5.41, 5.74) is 0. The van der Waals surface area contributed by atoms with E-state index >= 15 is 0 Å². The molecule has 0 aliphatic heterocycles. The molecule has 0 amide bonds. The number of rotatable bonds is 7. The van der Waals surface area contributed by atoms with Gasteiger partial charge in [0.15, 0.2) is 0 Å². The Kier molecular flexibility index (Phi) is 7.86. The van der Waals surface area contributed by atoms with Gasteiger partial charge in [0.2, 0.25) is 0 Å².